The lowest BCUT2D eigenvalue weighted by Crippen LogP contribution is -2.47. The van der Waals surface area contributed by atoms with Crippen molar-refractivity contribution in [3.05, 3.63) is 35.9 Å². The number of hydrogen-bond acceptors (Lipinski definition) is 3. The normalized spacial score (nSPS) is 28.2. The Morgan fingerprint density at radius 3 is 2.57 bits per heavy atom. The minimum Gasteiger partial charge on any atom is -0.392 e. The van der Waals surface area contributed by atoms with E-state index in [0.29, 0.717) is 5.92 Å². The Balaban J connectivity index is 1.68. The van der Waals surface area contributed by atoms with Gasteiger partial charge in [0.15, 0.2) is 0 Å². The lowest BCUT2D eigenvalue weighted by molar-refractivity contribution is -0.159. The largest absolute Gasteiger partial charge is 0.392 e. The second-order valence-corrected chi connectivity index (χ2v) is 6.59. The average Bonchev–Trinajstić information content (AvgIpc) is 2.55. The first-order chi connectivity index (χ1) is 10.2. The van der Waals surface area contributed by atoms with E-state index < -0.39 is 0 Å². The van der Waals surface area contributed by atoms with E-state index in [1.807, 2.05) is 18.2 Å². The first-order valence-corrected chi connectivity index (χ1v) is 8.15. The topological polar surface area (TPSA) is 38.7 Å². The van der Waals surface area contributed by atoms with E-state index >= 15 is 0 Å². The second kappa shape index (κ2) is 6.47. The van der Waals surface area contributed by atoms with Crippen molar-refractivity contribution in [3.8, 4) is 0 Å². The molecule has 0 aromatic heterocycles. The molecule has 0 bridgehead atoms. The number of aliphatic hydroxyl groups excluding tert-OH is 1. The molecule has 3 heteroatoms. The van der Waals surface area contributed by atoms with Crippen molar-refractivity contribution < 1.29 is 14.6 Å². The third-order valence-electron chi connectivity index (χ3n) is 5.26. The number of hydrogen-bond donors (Lipinski definition) is 1. The van der Waals surface area contributed by atoms with Gasteiger partial charge in [-0.1, -0.05) is 37.3 Å². The summed E-state index contributed by atoms with van der Waals surface area (Å²) in [6, 6.07) is 10.3. The lowest BCUT2D eigenvalue weighted by Gasteiger charge is -2.45. The van der Waals surface area contributed by atoms with Gasteiger partial charge in [0.25, 0.3) is 0 Å². The Bertz CT molecular complexity index is 434. The highest BCUT2D eigenvalue weighted by molar-refractivity contribution is 5.20. The maximum absolute atomic E-state index is 10.8. The molecule has 3 atom stereocenters. The van der Waals surface area contributed by atoms with E-state index in [4.69, 9.17) is 9.47 Å². The Hall–Kier alpha value is -0.900. The van der Waals surface area contributed by atoms with Gasteiger partial charge in [-0.15, -0.1) is 0 Å². The monoisotopic (exact) mass is 290 g/mol. The average molecular weight is 290 g/mol. The Kier molecular flexibility index (Phi) is 4.63. The highest BCUT2D eigenvalue weighted by Crippen LogP contribution is 2.40. The fourth-order valence-corrected chi connectivity index (χ4v) is 3.81. The summed E-state index contributed by atoms with van der Waals surface area (Å²) in [6.07, 6.45) is 3.57. The molecule has 3 nitrogen and oxygen atoms in total. The van der Waals surface area contributed by atoms with E-state index in [-0.39, 0.29) is 17.6 Å². The molecule has 3 rings (SSSR count). The van der Waals surface area contributed by atoms with Gasteiger partial charge in [0.2, 0.25) is 0 Å². The summed E-state index contributed by atoms with van der Waals surface area (Å²) in [5, 5.41) is 10.8. The van der Waals surface area contributed by atoms with Gasteiger partial charge in [0.1, 0.15) is 0 Å². The van der Waals surface area contributed by atoms with Crippen LogP contribution < -0.4 is 0 Å². The Morgan fingerprint density at radius 1 is 1.14 bits per heavy atom. The molecule has 21 heavy (non-hydrogen) atoms. The van der Waals surface area contributed by atoms with E-state index in [1.165, 1.54) is 5.56 Å². The van der Waals surface area contributed by atoms with Gasteiger partial charge in [0, 0.05) is 25.7 Å². The standard InChI is InChI=1S/C18H26O3/c1-14(15-5-3-2-4-6-15)17(19)16-7-10-21-18(13-16)8-11-20-12-9-18/h2-6,14,16-17,19H,7-13H2,1H3. The van der Waals surface area contributed by atoms with Crippen LogP contribution in [0.25, 0.3) is 0 Å². The predicted molar refractivity (Wildman–Crippen MR) is 82.3 cm³/mol. The van der Waals surface area contributed by atoms with Crippen LogP contribution in [0.1, 0.15) is 44.1 Å². The third-order valence-corrected chi connectivity index (χ3v) is 5.26. The lowest BCUT2D eigenvalue weighted by atomic mass is 9.75. The van der Waals surface area contributed by atoms with Crippen molar-refractivity contribution in [3.63, 3.8) is 0 Å². The molecular formula is C18H26O3. The minimum atomic E-state index is -0.295. The van der Waals surface area contributed by atoms with Gasteiger partial charge in [-0.3, -0.25) is 0 Å². The first-order valence-electron chi connectivity index (χ1n) is 8.15. The summed E-state index contributed by atoms with van der Waals surface area (Å²) in [6.45, 7) is 4.48. The van der Waals surface area contributed by atoms with Crippen LogP contribution in [-0.4, -0.2) is 36.6 Å². The van der Waals surface area contributed by atoms with E-state index in [1.54, 1.807) is 0 Å². The zero-order valence-electron chi connectivity index (χ0n) is 12.8. The third kappa shape index (κ3) is 3.31. The van der Waals surface area contributed by atoms with Crippen LogP contribution in [-0.2, 0) is 9.47 Å². The van der Waals surface area contributed by atoms with Gasteiger partial charge in [0.05, 0.1) is 11.7 Å². The van der Waals surface area contributed by atoms with Crippen LogP contribution in [0.2, 0.25) is 0 Å². The molecule has 1 N–H and O–H groups in total. The molecule has 0 saturated carbocycles. The molecule has 116 valence electrons. The smallest absolute Gasteiger partial charge is 0.0730 e. The van der Waals surface area contributed by atoms with Crippen molar-refractivity contribution in [2.45, 2.75) is 50.2 Å². The van der Waals surface area contributed by atoms with Gasteiger partial charge in [-0.05, 0) is 37.2 Å². The van der Waals surface area contributed by atoms with Crippen molar-refractivity contribution in [1.29, 1.82) is 0 Å². The van der Waals surface area contributed by atoms with Crippen LogP contribution in [0, 0.1) is 5.92 Å². The zero-order chi connectivity index (χ0) is 14.7. The van der Waals surface area contributed by atoms with Crippen molar-refractivity contribution >= 4 is 0 Å². The molecule has 1 aromatic rings. The van der Waals surface area contributed by atoms with E-state index in [2.05, 4.69) is 19.1 Å². The fraction of sp³-hybridized carbons (Fsp3) is 0.667. The van der Waals surface area contributed by atoms with Crippen molar-refractivity contribution in [2.24, 2.45) is 5.92 Å². The number of rotatable bonds is 3. The summed E-state index contributed by atoms with van der Waals surface area (Å²) < 4.78 is 11.5. The van der Waals surface area contributed by atoms with Gasteiger partial charge in [-0.2, -0.15) is 0 Å². The molecule has 2 aliphatic heterocycles. The Morgan fingerprint density at radius 2 is 1.86 bits per heavy atom. The van der Waals surface area contributed by atoms with Gasteiger partial charge >= 0.3 is 0 Å². The minimum absolute atomic E-state index is 0.0431. The molecule has 1 aromatic carbocycles. The summed E-state index contributed by atoms with van der Waals surface area (Å²) >= 11 is 0. The quantitative estimate of drug-likeness (QED) is 0.929. The summed E-state index contributed by atoms with van der Waals surface area (Å²) in [7, 11) is 0. The molecule has 2 heterocycles. The Labute approximate surface area is 127 Å². The highest BCUT2D eigenvalue weighted by atomic mass is 16.5. The van der Waals surface area contributed by atoms with Crippen molar-refractivity contribution in [1.82, 2.24) is 0 Å². The molecule has 3 unspecified atom stereocenters. The van der Waals surface area contributed by atoms with Crippen LogP contribution in [0.3, 0.4) is 0 Å². The molecule has 2 fully saturated rings. The number of aliphatic hydroxyl groups is 1. The summed E-state index contributed by atoms with van der Waals surface area (Å²) in [5.74, 6) is 0.498. The number of benzene rings is 1. The maximum Gasteiger partial charge on any atom is 0.0730 e. The fourth-order valence-electron chi connectivity index (χ4n) is 3.81. The van der Waals surface area contributed by atoms with E-state index in [0.717, 1.165) is 45.5 Å². The SMILES string of the molecule is CC(c1ccccc1)C(O)C1CCOC2(CCOCC2)C1. The van der Waals surface area contributed by atoms with Crippen LogP contribution in [0.15, 0.2) is 30.3 Å². The van der Waals surface area contributed by atoms with Gasteiger partial charge < -0.3 is 14.6 Å². The predicted octanol–water partition coefficient (Wildman–Crippen LogP) is 3.13. The molecule has 2 saturated heterocycles. The summed E-state index contributed by atoms with van der Waals surface area (Å²) in [4.78, 5) is 0. The second-order valence-electron chi connectivity index (χ2n) is 6.59. The van der Waals surface area contributed by atoms with Crippen molar-refractivity contribution in [2.75, 3.05) is 19.8 Å². The highest BCUT2D eigenvalue weighted by Gasteiger charge is 2.42. The summed E-state index contributed by atoms with van der Waals surface area (Å²) in [5.41, 5.74) is 1.18. The van der Waals surface area contributed by atoms with E-state index in [9.17, 15) is 5.11 Å². The molecule has 2 aliphatic rings. The van der Waals surface area contributed by atoms with Gasteiger partial charge in [-0.25, -0.2) is 0 Å². The molecule has 0 amide bonds. The van der Waals surface area contributed by atoms with Crippen LogP contribution in [0.5, 0.6) is 0 Å². The molecule has 1 spiro atoms. The first kappa shape index (κ1) is 15.0. The molecular weight excluding hydrogens is 264 g/mol. The molecule has 0 radical (unpaired) electrons. The maximum atomic E-state index is 10.8. The van der Waals surface area contributed by atoms with Crippen LogP contribution in [0.4, 0.5) is 0 Å². The van der Waals surface area contributed by atoms with Crippen LogP contribution >= 0.6 is 0 Å². The number of ether oxygens (including phenoxy) is 2. The molecule has 0 aliphatic carbocycles. The zero-order valence-corrected chi connectivity index (χ0v) is 12.8.